The Bertz CT molecular complexity index is 1210. The largest absolute Gasteiger partial charge is 0.337 e. The molecule has 160 valence electrons. The molecular formula is C22H21N3O5S. The molecule has 0 saturated heterocycles. The zero-order chi connectivity index (χ0) is 22.6. The van der Waals surface area contributed by atoms with Crippen molar-refractivity contribution in [3.05, 3.63) is 100 Å². The standard InChI is InChI=1S/C22H21N3O5S/c1-23(16-17-8-6-12-20(14-17)25(27)28)22(26)18-9-7-13-21(15-18)31(29,30)24(2)19-10-4-3-5-11-19/h3-15H,16H2,1-2H3. The van der Waals surface area contributed by atoms with Crippen molar-refractivity contribution in [2.45, 2.75) is 11.4 Å². The molecule has 3 rings (SSSR count). The van der Waals surface area contributed by atoms with Gasteiger partial charge in [0.2, 0.25) is 0 Å². The molecule has 0 N–H and O–H groups in total. The molecule has 0 heterocycles. The maximum atomic E-state index is 13.0. The van der Waals surface area contributed by atoms with E-state index in [9.17, 15) is 23.3 Å². The summed E-state index contributed by atoms with van der Waals surface area (Å²) in [6.07, 6.45) is 0. The fraction of sp³-hybridized carbons (Fsp3) is 0.136. The molecule has 0 spiro atoms. The van der Waals surface area contributed by atoms with Crippen LogP contribution in [0.4, 0.5) is 11.4 Å². The topological polar surface area (TPSA) is 101 Å². The van der Waals surface area contributed by atoms with Crippen LogP contribution in [0.25, 0.3) is 0 Å². The summed E-state index contributed by atoms with van der Waals surface area (Å²) in [6.45, 7) is 0.140. The number of nitro benzene ring substituents is 1. The average Bonchev–Trinajstić information content (AvgIpc) is 2.78. The van der Waals surface area contributed by atoms with Crippen LogP contribution in [-0.2, 0) is 16.6 Å². The van der Waals surface area contributed by atoms with Crippen LogP contribution < -0.4 is 4.31 Å². The SMILES string of the molecule is CN(Cc1cccc([N+](=O)[O-])c1)C(=O)c1cccc(S(=O)(=O)N(C)c2ccccc2)c1. The molecule has 0 fully saturated rings. The van der Waals surface area contributed by atoms with E-state index < -0.39 is 20.9 Å². The smallest absolute Gasteiger partial charge is 0.269 e. The molecule has 0 aliphatic rings. The summed E-state index contributed by atoms with van der Waals surface area (Å²) in [5.74, 6) is -0.397. The molecule has 0 saturated carbocycles. The first-order valence-electron chi connectivity index (χ1n) is 9.33. The fourth-order valence-corrected chi connectivity index (χ4v) is 4.30. The number of carbonyl (C=O) groups excluding carboxylic acids is 1. The van der Waals surface area contributed by atoms with E-state index in [1.54, 1.807) is 49.5 Å². The minimum Gasteiger partial charge on any atom is -0.337 e. The van der Waals surface area contributed by atoms with Crippen LogP contribution in [0.3, 0.4) is 0 Å². The van der Waals surface area contributed by atoms with Gasteiger partial charge in [-0.05, 0) is 35.9 Å². The highest BCUT2D eigenvalue weighted by Crippen LogP contribution is 2.23. The Balaban J connectivity index is 1.82. The lowest BCUT2D eigenvalue weighted by Gasteiger charge is -2.21. The van der Waals surface area contributed by atoms with E-state index in [1.807, 2.05) is 0 Å². The summed E-state index contributed by atoms with van der Waals surface area (Å²) in [4.78, 5) is 24.7. The molecule has 3 aromatic rings. The lowest BCUT2D eigenvalue weighted by atomic mass is 10.1. The number of para-hydroxylation sites is 1. The number of rotatable bonds is 7. The van der Waals surface area contributed by atoms with Gasteiger partial charge in [0.1, 0.15) is 0 Å². The van der Waals surface area contributed by atoms with Gasteiger partial charge >= 0.3 is 0 Å². The number of hydrogen-bond donors (Lipinski definition) is 0. The number of sulfonamides is 1. The van der Waals surface area contributed by atoms with Crippen molar-refractivity contribution in [1.82, 2.24) is 4.90 Å². The van der Waals surface area contributed by atoms with Gasteiger partial charge in [0.15, 0.2) is 0 Å². The van der Waals surface area contributed by atoms with Crippen molar-refractivity contribution in [3.8, 4) is 0 Å². The minimum absolute atomic E-state index is 0.00606. The number of benzene rings is 3. The molecule has 8 nitrogen and oxygen atoms in total. The fourth-order valence-electron chi connectivity index (χ4n) is 3.06. The van der Waals surface area contributed by atoms with E-state index in [4.69, 9.17) is 0 Å². The number of anilines is 1. The van der Waals surface area contributed by atoms with Crippen LogP contribution in [-0.4, -0.2) is 38.2 Å². The summed E-state index contributed by atoms with van der Waals surface area (Å²) in [6, 6.07) is 20.5. The van der Waals surface area contributed by atoms with Gasteiger partial charge in [0.05, 0.1) is 15.5 Å². The van der Waals surface area contributed by atoms with Crippen molar-refractivity contribution in [3.63, 3.8) is 0 Å². The molecule has 9 heteroatoms. The van der Waals surface area contributed by atoms with Gasteiger partial charge in [0, 0.05) is 38.3 Å². The zero-order valence-electron chi connectivity index (χ0n) is 17.0. The van der Waals surface area contributed by atoms with E-state index >= 15 is 0 Å². The zero-order valence-corrected chi connectivity index (χ0v) is 17.8. The molecule has 0 bridgehead atoms. The highest BCUT2D eigenvalue weighted by atomic mass is 32.2. The van der Waals surface area contributed by atoms with E-state index in [1.165, 1.54) is 48.3 Å². The second-order valence-corrected chi connectivity index (χ2v) is 8.89. The van der Waals surface area contributed by atoms with Crippen molar-refractivity contribution in [2.75, 3.05) is 18.4 Å². The van der Waals surface area contributed by atoms with Crippen LogP contribution in [0.2, 0.25) is 0 Å². The van der Waals surface area contributed by atoms with Gasteiger partial charge in [-0.2, -0.15) is 0 Å². The first-order chi connectivity index (χ1) is 14.7. The van der Waals surface area contributed by atoms with Gasteiger partial charge in [-0.15, -0.1) is 0 Å². The lowest BCUT2D eigenvalue weighted by Crippen LogP contribution is -2.28. The van der Waals surface area contributed by atoms with Gasteiger partial charge < -0.3 is 4.90 Å². The molecule has 3 aromatic carbocycles. The van der Waals surface area contributed by atoms with Crippen LogP contribution in [0, 0.1) is 10.1 Å². The monoisotopic (exact) mass is 439 g/mol. The Kier molecular flexibility index (Phi) is 6.36. The summed E-state index contributed by atoms with van der Waals surface area (Å²) < 4.78 is 27.2. The Labute approximate surface area is 180 Å². The molecule has 0 unspecified atom stereocenters. The van der Waals surface area contributed by atoms with Crippen molar-refractivity contribution in [1.29, 1.82) is 0 Å². The number of non-ortho nitro benzene ring substituents is 1. The van der Waals surface area contributed by atoms with Crippen LogP contribution >= 0.6 is 0 Å². The minimum atomic E-state index is -3.86. The molecule has 0 aliphatic heterocycles. The second-order valence-electron chi connectivity index (χ2n) is 6.92. The van der Waals surface area contributed by atoms with E-state index in [0.29, 0.717) is 11.3 Å². The normalized spacial score (nSPS) is 11.0. The maximum absolute atomic E-state index is 13.0. The van der Waals surface area contributed by atoms with Crippen LogP contribution in [0.15, 0.2) is 83.8 Å². The predicted octanol–water partition coefficient (Wildman–Crippen LogP) is 3.69. The molecule has 0 aromatic heterocycles. The van der Waals surface area contributed by atoms with Crippen molar-refractivity contribution in [2.24, 2.45) is 0 Å². The summed E-state index contributed by atoms with van der Waals surface area (Å²) in [5.41, 5.74) is 1.24. The maximum Gasteiger partial charge on any atom is 0.269 e. The lowest BCUT2D eigenvalue weighted by molar-refractivity contribution is -0.384. The number of carbonyl (C=O) groups is 1. The third-order valence-electron chi connectivity index (χ3n) is 4.75. The molecule has 0 atom stereocenters. The summed E-state index contributed by atoms with van der Waals surface area (Å²) >= 11 is 0. The Morgan fingerprint density at radius 1 is 0.935 bits per heavy atom. The van der Waals surface area contributed by atoms with E-state index in [2.05, 4.69) is 0 Å². The summed E-state index contributed by atoms with van der Waals surface area (Å²) in [7, 11) is -0.854. The number of nitrogens with zero attached hydrogens (tertiary/aromatic N) is 3. The van der Waals surface area contributed by atoms with Gasteiger partial charge in [-0.25, -0.2) is 8.42 Å². The van der Waals surface area contributed by atoms with Gasteiger partial charge in [-0.3, -0.25) is 19.2 Å². The average molecular weight is 439 g/mol. The highest BCUT2D eigenvalue weighted by molar-refractivity contribution is 7.92. The number of amides is 1. The van der Waals surface area contributed by atoms with Gasteiger partial charge in [0.25, 0.3) is 21.6 Å². The van der Waals surface area contributed by atoms with Gasteiger partial charge in [-0.1, -0.05) is 36.4 Å². The third kappa shape index (κ3) is 4.89. The summed E-state index contributed by atoms with van der Waals surface area (Å²) in [5, 5.41) is 10.9. The number of hydrogen-bond acceptors (Lipinski definition) is 5. The first-order valence-corrected chi connectivity index (χ1v) is 10.8. The molecular weight excluding hydrogens is 418 g/mol. The van der Waals surface area contributed by atoms with E-state index in [0.717, 1.165) is 4.31 Å². The molecule has 0 aliphatic carbocycles. The Hall–Kier alpha value is -3.72. The highest BCUT2D eigenvalue weighted by Gasteiger charge is 2.23. The Morgan fingerprint density at radius 2 is 1.61 bits per heavy atom. The Morgan fingerprint density at radius 3 is 2.29 bits per heavy atom. The third-order valence-corrected chi connectivity index (χ3v) is 6.53. The van der Waals surface area contributed by atoms with Crippen molar-refractivity contribution < 1.29 is 18.1 Å². The first kappa shape index (κ1) is 22.0. The quantitative estimate of drug-likeness (QED) is 0.413. The number of nitro groups is 1. The molecule has 0 radical (unpaired) electrons. The van der Waals surface area contributed by atoms with E-state index in [-0.39, 0.29) is 22.7 Å². The molecule has 1 amide bonds. The van der Waals surface area contributed by atoms with Crippen molar-refractivity contribution >= 4 is 27.3 Å². The van der Waals surface area contributed by atoms with Crippen LogP contribution in [0.5, 0.6) is 0 Å². The van der Waals surface area contributed by atoms with Crippen LogP contribution in [0.1, 0.15) is 15.9 Å². The predicted molar refractivity (Wildman–Crippen MR) is 117 cm³/mol. The molecule has 31 heavy (non-hydrogen) atoms. The second kappa shape index (κ2) is 8.97.